The van der Waals surface area contributed by atoms with Crippen LogP contribution in [0.3, 0.4) is 0 Å². The SMILES string of the molecule is CNCc1cnc(C)cc1N(CCC(C)C)CCC(C)C. The normalized spacial score (nSPS) is 11.4. The fourth-order valence-corrected chi connectivity index (χ4v) is 2.38. The Labute approximate surface area is 131 Å². The molecule has 0 atom stereocenters. The standard InChI is InChI=1S/C18H33N3/c1-14(2)7-9-21(10-8-15(3)4)18-11-16(5)20-13-17(18)12-19-6/h11,13-15,19H,7-10,12H2,1-6H3. The van der Waals surface area contributed by atoms with Gasteiger partial charge in [0.25, 0.3) is 0 Å². The zero-order chi connectivity index (χ0) is 15.8. The van der Waals surface area contributed by atoms with Gasteiger partial charge in [-0.05, 0) is 44.7 Å². The summed E-state index contributed by atoms with van der Waals surface area (Å²) in [5.41, 5.74) is 3.76. The number of rotatable bonds is 9. The molecule has 0 aliphatic rings. The molecule has 1 rings (SSSR count). The predicted octanol–water partition coefficient (Wildman–Crippen LogP) is 4.01. The van der Waals surface area contributed by atoms with Crippen molar-refractivity contribution in [2.45, 2.75) is 54.0 Å². The number of nitrogens with one attached hydrogen (secondary N) is 1. The third kappa shape index (κ3) is 6.47. The van der Waals surface area contributed by atoms with Gasteiger partial charge in [-0.2, -0.15) is 0 Å². The average Bonchev–Trinajstić information content (AvgIpc) is 2.41. The van der Waals surface area contributed by atoms with Crippen LogP contribution in [0.15, 0.2) is 12.3 Å². The number of aryl methyl sites for hydroxylation is 1. The summed E-state index contributed by atoms with van der Waals surface area (Å²) in [6.45, 7) is 14.4. The van der Waals surface area contributed by atoms with Crippen LogP contribution >= 0.6 is 0 Å². The molecular weight excluding hydrogens is 258 g/mol. The van der Waals surface area contributed by atoms with Crippen molar-refractivity contribution in [1.29, 1.82) is 0 Å². The van der Waals surface area contributed by atoms with Crippen LogP contribution in [-0.2, 0) is 6.54 Å². The number of nitrogens with zero attached hydrogens (tertiary/aromatic N) is 2. The summed E-state index contributed by atoms with van der Waals surface area (Å²) in [6, 6.07) is 2.24. The first kappa shape index (κ1) is 18.0. The van der Waals surface area contributed by atoms with Crippen molar-refractivity contribution in [3.05, 3.63) is 23.5 Å². The summed E-state index contributed by atoms with van der Waals surface area (Å²) in [4.78, 5) is 7.02. The van der Waals surface area contributed by atoms with E-state index in [1.165, 1.54) is 24.1 Å². The van der Waals surface area contributed by atoms with Gasteiger partial charge in [0.05, 0.1) is 0 Å². The lowest BCUT2D eigenvalue weighted by atomic mass is 10.1. The van der Waals surface area contributed by atoms with E-state index in [1.54, 1.807) is 0 Å². The van der Waals surface area contributed by atoms with Gasteiger partial charge < -0.3 is 10.2 Å². The van der Waals surface area contributed by atoms with Crippen LogP contribution in [0.4, 0.5) is 5.69 Å². The van der Waals surface area contributed by atoms with Gasteiger partial charge >= 0.3 is 0 Å². The highest BCUT2D eigenvalue weighted by atomic mass is 15.1. The highest BCUT2D eigenvalue weighted by Crippen LogP contribution is 2.23. The van der Waals surface area contributed by atoms with Crippen LogP contribution in [-0.4, -0.2) is 25.1 Å². The minimum atomic E-state index is 0.738. The maximum absolute atomic E-state index is 4.46. The fraction of sp³-hybridized carbons (Fsp3) is 0.722. The Bertz CT molecular complexity index is 401. The molecule has 120 valence electrons. The maximum Gasteiger partial charge on any atom is 0.0445 e. The second-order valence-electron chi connectivity index (χ2n) is 6.84. The minimum absolute atomic E-state index is 0.738. The van der Waals surface area contributed by atoms with Crippen molar-refractivity contribution in [3.63, 3.8) is 0 Å². The molecular formula is C18H33N3. The van der Waals surface area contributed by atoms with Gasteiger partial charge in [0.2, 0.25) is 0 Å². The van der Waals surface area contributed by atoms with Crippen molar-refractivity contribution in [2.24, 2.45) is 11.8 Å². The third-order valence-electron chi connectivity index (χ3n) is 3.76. The fourth-order valence-electron chi connectivity index (χ4n) is 2.38. The van der Waals surface area contributed by atoms with Gasteiger partial charge in [-0.25, -0.2) is 0 Å². The molecule has 0 unspecified atom stereocenters. The highest BCUT2D eigenvalue weighted by Gasteiger charge is 2.13. The molecule has 1 aromatic rings. The molecule has 3 nitrogen and oxygen atoms in total. The zero-order valence-electron chi connectivity index (χ0n) is 14.7. The number of aromatic nitrogens is 1. The summed E-state index contributed by atoms with van der Waals surface area (Å²) in [7, 11) is 2.00. The summed E-state index contributed by atoms with van der Waals surface area (Å²) >= 11 is 0. The van der Waals surface area contributed by atoms with Gasteiger partial charge in [-0.1, -0.05) is 27.7 Å². The highest BCUT2D eigenvalue weighted by molar-refractivity contribution is 5.53. The minimum Gasteiger partial charge on any atom is -0.371 e. The molecule has 0 aliphatic heterocycles. The molecule has 1 N–H and O–H groups in total. The maximum atomic E-state index is 4.46. The Morgan fingerprint density at radius 1 is 1.10 bits per heavy atom. The first-order chi connectivity index (χ1) is 9.93. The van der Waals surface area contributed by atoms with Crippen molar-refractivity contribution < 1.29 is 0 Å². The molecule has 0 fully saturated rings. The van der Waals surface area contributed by atoms with Crippen LogP contribution < -0.4 is 10.2 Å². The van der Waals surface area contributed by atoms with E-state index in [2.05, 4.69) is 55.9 Å². The van der Waals surface area contributed by atoms with Crippen LogP contribution in [0, 0.1) is 18.8 Å². The number of hydrogen-bond acceptors (Lipinski definition) is 3. The smallest absolute Gasteiger partial charge is 0.0445 e. The van der Waals surface area contributed by atoms with E-state index in [-0.39, 0.29) is 0 Å². The Morgan fingerprint density at radius 2 is 1.67 bits per heavy atom. The molecule has 0 bridgehead atoms. The lowest BCUT2D eigenvalue weighted by molar-refractivity contribution is 0.534. The topological polar surface area (TPSA) is 28.2 Å². The van der Waals surface area contributed by atoms with Crippen molar-refractivity contribution in [1.82, 2.24) is 10.3 Å². The summed E-state index contributed by atoms with van der Waals surface area (Å²) in [6.07, 6.45) is 4.50. The van der Waals surface area contributed by atoms with E-state index in [0.29, 0.717) is 0 Å². The number of pyridine rings is 1. The van der Waals surface area contributed by atoms with E-state index >= 15 is 0 Å². The van der Waals surface area contributed by atoms with E-state index in [4.69, 9.17) is 0 Å². The molecule has 0 aromatic carbocycles. The van der Waals surface area contributed by atoms with Gasteiger partial charge in [0.1, 0.15) is 0 Å². The van der Waals surface area contributed by atoms with Crippen molar-refractivity contribution >= 4 is 5.69 Å². The lowest BCUT2D eigenvalue weighted by Gasteiger charge is -2.29. The van der Waals surface area contributed by atoms with Crippen molar-refractivity contribution in [3.8, 4) is 0 Å². The molecule has 0 saturated carbocycles. The lowest BCUT2D eigenvalue weighted by Crippen LogP contribution is -2.29. The largest absolute Gasteiger partial charge is 0.371 e. The van der Waals surface area contributed by atoms with E-state index in [0.717, 1.165) is 37.2 Å². The molecule has 1 heterocycles. The molecule has 3 heteroatoms. The van der Waals surface area contributed by atoms with Gasteiger partial charge in [0, 0.05) is 42.8 Å². The molecule has 0 spiro atoms. The second kappa shape index (κ2) is 9.04. The van der Waals surface area contributed by atoms with Gasteiger partial charge in [-0.3, -0.25) is 4.98 Å². The summed E-state index contributed by atoms with van der Waals surface area (Å²) in [5, 5.41) is 3.26. The Kier molecular flexibility index (Phi) is 7.73. The molecule has 0 amide bonds. The summed E-state index contributed by atoms with van der Waals surface area (Å²) in [5.74, 6) is 1.48. The van der Waals surface area contributed by atoms with Gasteiger partial charge in [-0.15, -0.1) is 0 Å². The van der Waals surface area contributed by atoms with Gasteiger partial charge in [0.15, 0.2) is 0 Å². The van der Waals surface area contributed by atoms with Crippen LogP contribution in [0.5, 0.6) is 0 Å². The van der Waals surface area contributed by atoms with E-state index in [1.807, 2.05) is 13.2 Å². The Balaban J connectivity index is 2.95. The first-order valence-corrected chi connectivity index (χ1v) is 8.29. The Morgan fingerprint density at radius 3 is 2.14 bits per heavy atom. The molecule has 0 saturated heterocycles. The second-order valence-corrected chi connectivity index (χ2v) is 6.84. The summed E-state index contributed by atoms with van der Waals surface area (Å²) < 4.78 is 0. The molecule has 21 heavy (non-hydrogen) atoms. The van der Waals surface area contributed by atoms with E-state index < -0.39 is 0 Å². The number of hydrogen-bond donors (Lipinski definition) is 1. The number of anilines is 1. The van der Waals surface area contributed by atoms with Crippen LogP contribution in [0.1, 0.15) is 51.8 Å². The predicted molar refractivity (Wildman–Crippen MR) is 92.9 cm³/mol. The molecule has 0 aliphatic carbocycles. The van der Waals surface area contributed by atoms with Crippen LogP contribution in [0.25, 0.3) is 0 Å². The Hall–Kier alpha value is -1.09. The monoisotopic (exact) mass is 291 g/mol. The van der Waals surface area contributed by atoms with Crippen LogP contribution in [0.2, 0.25) is 0 Å². The van der Waals surface area contributed by atoms with E-state index in [9.17, 15) is 0 Å². The van der Waals surface area contributed by atoms with Crippen molar-refractivity contribution in [2.75, 3.05) is 25.0 Å². The zero-order valence-corrected chi connectivity index (χ0v) is 14.7. The average molecular weight is 291 g/mol. The molecule has 0 radical (unpaired) electrons. The quantitative estimate of drug-likeness (QED) is 0.745. The third-order valence-corrected chi connectivity index (χ3v) is 3.76. The molecule has 1 aromatic heterocycles. The first-order valence-electron chi connectivity index (χ1n) is 8.29.